The molecule has 0 spiro atoms. The molecule has 2 heteroatoms. The molecule has 0 bridgehead atoms. The molecule has 0 fully saturated rings. The summed E-state index contributed by atoms with van der Waals surface area (Å²) in [5.41, 5.74) is 4.31. The number of hydrogen-bond acceptors (Lipinski definition) is 1. The highest BCUT2D eigenvalue weighted by molar-refractivity contribution is 6.94. The highest BCUT2D eigenvalue weighted by Gasteiger charge is 2.23. The third kappa shape index (κ3) is 3.79. The molecule has 1 unspecified atom stereocenters. The topological polar surface area (TPSA) is 17.1 Å². The second kappa shape index (κ2) is 6.68. The summed E-state index contributed by atoms with van der Waals surface area (Å²) in [7, 11) is -1.75. The minimum Gasteiger partial charge on any atom is -0.298 e. The molecule has 0 aromatic heterocycles. The molecule has 0 heterocycles. The molecular weight excluding hydrogens is 272 g/mol. The van der Waals surface area contributed by atoms with Gasteiger partial charge in [0.25, 0.3) is 0 Å². The number of carbonyl (C=O) groups is 1. The Labute approximate surface area is 128 Å². The van der Waals surface area contributed by atoms with Gasteiger partial charge in [-0.2, -0.15) is 0 Å². The van der Waals surface area contributed by atoms with Crippen molar-refractivity contribution in [3.63, 3.8) is 0 Å². The average Bonchev–Trinajstić information content (AvgIpc) is 2.53. The summed E-state index contributed by atoms with van der Waals surface area (Å²) in [4.78, 5) is 11.6. The third-order valence-corrected chi connectivity index (χ3v) is 6.86. The van der Waals surface area contributed by atoms with Crippen molar-refractivity contribution in [3.05, 3.63) is 77.5 Å². The van der Waals surface area contributed by atoms with Gasteiger partial charge in [0.05, 0.1) is 0 Å². The number of carbonyl (C=O) groups excluding carboxylic acids is 1. The Morgan fingerprint density at radius 2 is 1.48 bits per heavy atom. The number of rotatable bonds is 5. The Kier molecular flexibility index (Phi) is 4.92. The molecule has 0 N–H and O–H groups in total. The normalized spacial score (nSPS) is 13.8. The molecule has 1 nitrogen and oxygen atoms in total. The smallest absolute Gasteiger partial charge is 0.145 e. The largest absolute Gasteiger partial charge is 0.298 e. The molecule has 0 saturated carbocycles. The van der Waals surface area contributed by atoms with Crippen LogP contribution in [0.25, 0.3) is 0 Å². The van der Waals surface area contributed by atoms with Crippen molar-refractivity contribution in [1.29, 1.82) is 0 Å². The molecule has 2 aromatic carbocycles. The fourth-order valence-corrected chi connectivity index (χ4v) is 4.93. The van der Waals surface area contributed by atoms with Gasteiger partial charge >= 0.3 is 0 Å². The maximum atomic E-state index is 11.6. The van der Waals surface area contributed by atoms with Crippen LogP contribution in [0.15, 0.2) is 71.9 Å². The first-order valence-corrected chi connectivity index (χ1v) is 10.4. The second-order valence-electron chi connectivity index (χ2n) is 5.98. The van der Waals surface area contributed by atoms with Crippen LogP contribution in [0, 0.1) is 0 Å². The zero-order valence-corrected chi connectivity index (χ0v) is 13.9. The van der Waals surface area contributed by atoms with Gasteiger partial charge in [0, 0.05) is 5.92 Å². The number of hydrogen-bond donors (Lipinski definition) is 0. The molecule has 2 aromatic rings. The van der Waals surface area contributed by atoms with E-state index in [0.717, 1.165) is 11.9 Å². The first kappa shape index (κ1) is 15.5. The summed E-state index contributed by atoms with van der Waals surface area (Å²) in [5.74, 6) is 0.138. The van der Waals surface area contributed by atoms with Crippen LogP contribution in [0.2, 0.25) is 13.1 Å². The molecular formula is C19H22OSi. The van der Waals surface area contributed by atoms with Crippen LogP contribution < -0.4 is 5.19 Å². The number of benzene rings is 2. The fraction of sp³-hybridized carbons (Fsp3) is 0.211. The molecule has 108 valence electrons. The van der Waals surface area contributed by atoms with Gasteiger partial charge in [0.2, 0.25) is 0 Å². The van der Waals surface area contributed by atoms with Gasteiger partial charge in [-0.3, -0.25) is 4.79 Å². The van der Waals surface area contributed by atoms with E-state index in [0.29, 0.717) is 0 Å². The van der Waals surface area contributed by atoms with Gasteiger partial charge in [-0.25, -0.2) is 0 Å². The van der Waals surface area contributed by atoms with E-state index in [-0.39, 0.29) is 5.92 Å². The van der Waals surface area contributed by atoms with Crippen molar-refractivity contribution in [2.45, 2.75) is 25.9 Å². The number of aldehydes is 1. The SMILES string of the molecule is CC(/C(C=O)=C/[Si](C)(C)c1ccccc1)c1ccccc1. The van der Waals surface area contributed by atoms with E-state index in [1.54, 1.807) is 0 Å². The van der Waals surface area contributed by atoms with Crippen molar-refractivity contribution in [1.82, 2.24) is 0 Å². The van der Waals surface area contributed by atoms with Gasteiger partial charge in [0.1, 0.15) is 14.4 Å². The highest BCUT2D eigenvalue weighted by Crippen LogP contribution is 2.24. The van der Waals surface area contributed by atoms with Crippen molar-refractivity contribution in [3.8, 4) is 0 Å². The van der Waals surface area contributed by atoms with E-state index in [1.165, 1.54) is 10.8 Å². The lowest BCUT2D eigenvalue weighted by molar-refractivity contribution is -0.105. The first-order chi connectivity index (χ1) is 10.0. The highest BCUT2D eigenvalue weighted by atomic mass is 28.3. The predicted molar refractivity (Wildman–Crippen MR) is 92.6 cm³/mol. The molecule has 0 aliphatic rings. The van der Waals surface area contributed by atoms with Crippen molar-refractivity contribution in [2.75, 3.05) is 0 Å². The molecule has 0 amide bonds. The summed E-state index contributed by atoms with van der Waals surface area (Å²) in [6.07, 6.45) is 1.02. The molecule has 2 rings (SSSR count). The summed E-state index contributed by atoms with van der Waals surface area (Å²) in [6.45, 7) is 6.66. The van der Waals surface area contributed by atoms with E-state index in [2.05, 4.69) is 62.1 Å². The molecule has 21 heavy (non-hydrogen) atoms. The fourth-order valence-electron chi connectivity index (χ4n) is 2.56. The Morgan fingerprint density at radius 3 is 2.00 bits per heavy atom. The molecule has 0 aliphatic heterocycles. The minimum atomic E-state index is -1.75. The minimum absolute atomic E-state index is 0.138. The van der Waals surface area contributed by atoms with Crippen LogP contribution >= 0.6 is 0 Å². The quantitative estimate of drug-likeness (QED) is 0.461. The van der Waals surface area contributed by atoms with Crippen molar-refractivity contribution < 1.29 is 4.79 Å². The molecule has 1 atom stereocenters. The molecule has 0 aliphatic carbocycles. The third-order valence-electron chi connectivity index (χ3n) is 3.98. The van der Waals surface area contributed by atoms with Crippen LogP contribution in [0.5, 0.6) is 0 Å². The van der Waals surface area contributed by atoms with Gasteiger partial charge in [-0.05, 0) is 11.1 Å². The second-order valence-corrected chi connectivity index (χ2v) is 10.3. The lowest BCUT2D eigenvalue weighted by Gasteiger charge is -2.21. The van der Waals surface area contributed by atoms with Crippen LogP contribution in [-0.4, -0.2) is 14.4 Å². The maximum Gasteiger partial charge on any atom is 0.145 e. The zero-order chi connectivity index (χ0) is 15.3. The Bertz CT molecular complexity index is 615. The summed E-state index contributed by atoms with van der Waals surface area (Å²) < 4.78 is 0. The predicted octanol–water partition coefficient (Wildman–Crippen LogP) is 4.07. The maximum absolute atomic E-state index is 11.6. The van der Waals surface area contributed by atoms with E-state index in [4.69, 9.17) is 0 Å². The summed E-state index contributed by atoms with van der Waals surface area (Å²) in [6, 6.07) is 20.7. The first-order valence-electron chi connectivity index (χ1n) is 7.33. The standard InChI is InChI=1S/C19H22OSi/c1-16(17-10-6-4-7-11-17)18(14-20)15-21(2,3)19-12-8-5-9-13-19/h4-16H,1-3H3/b18-15+. The molecule has 0 saturated heterocycles. The van der Waals surface area contributed by atoms with E-state index in [1.807, 2.05) is 24.3 Å². The van der Waals surface area contributed by atoms with Crippen molar-refractivity contribution in [2.24, 2.45) is 0 Å². The van der Waals surface area contributed by atoms with Crippen LogP contribution in [0.1, 0.15) is 18.4 Å². The Balaban J connectivity index is 2.34. The lowest BCUT2D eigenvalue weighted by Crippen LogP contribution is -2.40. The average molecular weight is 294 g/mol. The van der Waals surface area contributed by atoms with Crippen LogP contribution in [0.3, 0.4) is 0 Å². The number of allylic oxidation sites excluding steroid dienone is 1. The monoisotopic (exact) mass is 294 g/mol. The summed E-state index contributed by atoms with van der Waals surface area (Å²) in [5, 5.41) is 1.35. The van der Waals surface area contributed by atoms with Crippen molar-refractivity contribution >= 4 is 19.5 Å². The van der Waals surface area contributed by atoms with E-state index >= 15 is 0 Å². The van der Waals surface area contributed by atoms with Gasteiger partial charge < -0.3 is 0 Å². The van der Waals surface area contributed by atoms with Gasteiger partial charge in [-0.1, -0.05) is 91.6 Å². The zero-order valence-electron chi connectivity index (χ0n) is 12.9. The Hall–Kier alpha value is -1.93. The van der Waals surface area contributed by atoms with Crippen LogP contribution in [-0.2, 0) is 4.79 Å². The van der Waals surface area contributed by atoms with Crippen LogP contribution in [0.4, 0.5) is 0 Å². The van der Waals surface area contributed by atoms with E-state index < -0.39 is 8.07 Å². The van der Waals surface area contributed by atoms with Gasteiger partial charge in [0.15, 0.2) is 0 Å². The van der Waals surface area contributed by atoms with Gasteiger partial charge in [-0.15, -0.1) is 0 Å². The Morgan fingerprint density at radius 1 is 0.952 bits per heavy atom. The summed E-state index contributed by atoms with van der Waals surface area (Å²) >= 11 is 0. The molecule has 0 radical (unpaired) electrons. The lowest BCUT2D eigenvalue weighted by atomic mass is 9.95. The van der Waals surface area contributed by atoms with E-state index in [9.17, 15) is 4.79 Å².